The van der Waals surface area contributed by atoms with Crippen molar-refractivity contribution in [2.24, 2.45) is 10.2 Å². The first-order valence-corrected chi connectivity index (χ1v) is 10.1. The molecule has 0 aromatic heterocycles. The zero-order valence-electron chi connectivity index (χ0n) is 15.6. The number of thioether (sulfide) groups is 1. The molecule has 2 N–H and O–H groups in total. The molecular weight excluding hydrogens is 408 g/mol. The van der Waals surface area contributed by atoms with Crippen molar-refractivity contribution >= 4 is 58.3 Å². The quantitative estimate of drug-likeness (QED) is 0.534. The van der Waals surface area contributed by atoms with E-state index in [0.29, 0.717) is 15.9 Å². The normalized spacial score (nSPS) is 17.9. The standard InChI is InChI=1S/C21H19ClN4O2S/c1-14-9-10-16(12-17(14)22)24-19(27)13-18-20(28)25-21(29-18)26-23-11-5-8-15-6-3-2-4-7-15/h2-12,18H,13H2,1H3,(H,24,27)(H,25,26,28)/b8-5+,23-11-. The number of amides is 2. The second-order valence-corrected chi connectivity index (χ2v) is 7.85. The number of benzene rings is 2. The Kier molecular flexibility index (Phi) is 7.21. The first-order chi connectivity index (χ1) is 14.0. The number of nitrogens with zero attached hydrogens (tertiary/aromatic N) is 2. The summed E-state index contributed by atoms with van der Waals surface area (Å²) in [5.74, 6) is -0.533. The molecule has 6 nitrogen and oxygen atoms in total. The van der Waals surface area contributed by atoms with Crippen LogP contribution in [0.3, 0.4) is 0 Å². The van der Waals surface area contributed by atoms with Crippen LogP contribution in [-0.4, -0.2) is 28.4 Å². The summed E-state index contributed by atoms with van der Waals surface area (Å²) < 4.78 is 0. The molecular formula is C21H19ClN4O2S. The van der Waals surface area contributed by atoms with Crippen molar-refractivity contribution in [1.82, 2.24) is 5.32 Å². The fourth-order valence-electron chi connectivity index (χ4n) is 2.48. The summed E-state index contributed by atoms with van der Waals surface area (Å²) >= 11 is 7.24. The molecule has 1 aliphatic heterocycles. The zero-order valence-corrected chi connectivity index (χ0v) is 17.2. The maximum Gasteiger partial charge on any atom is 0.240 e. The summed E-state index contributed by atoms with van der Waals surface area (Å²) in [4.78, 5) is 24.3. The number of carbonyl (C=O) groups excluding carboxylic acids is 2. The average Bonchev–Trinajstić information content (AvgIpc) is 3.04. The first kappa shape index (κ1) is 20.8. The highest BCUT2D eigenvalue weighted by Crippen LogP contribution is 2.24. The van der Waals surface area contributed by atoms with E-state index in [1.165, 1.54) is 18.0 Å². The van der Waals surface area contributed by atoms with E-state index in [1.54, 1.807) is 18.2 Å². The van der Waals surface area contributed by atoms with Gasteiger partial charge in [0.25, 0.3) is 0 Å². The van der Waals surface area contributed by atoms with Gasteiger partial charge >= 0.3 is 0 Å². The second kappa shape index (κ2) is 10.0. The minimum absolute atomic E-state index is 0.0264. The van der Waals surface area contributed by atoms with E-state index in [0.717, 1.165) is 11.1 Å². The second-order valence-electron chi connectivity index (χ2n) is 6.25. The molecule has 0 bridgehead atoms. The van der Waals surface area contributed by atoms with E-state index in [2.05, 4.69) is 20.8 Å². The van der Waals surface area contributed by atoms with Gasteiger partial charge in [0.05, 0.1) is 0 Å². The van der Waals surface area contributed by atoms with Crippen molar-refractivity contribution in [1.29, 1.82) is 0 Å². The van der Waals surface area contributed by atoms with Gasteiger partial charge in [0.1, 0.15) is 5.25 Å². The third kappa shape index (κ3) is 6.30. The number of nitrogens with one attached hydrogen (secondary N) is 2. The lowest BCUT2D eigenvalue weighted by Gasteiger charge is -2.08. The molecule has 1 aliphatic rings. The smallest absolute Gasteiger partial charge is 0.240 e. The number of carbonyl (C=O) groups is 2. The molecule has 0 aliphatic carbocycles. The third-order valence-electron chi connectivity index (χ3n) is 3.99. The topological polar surface area (TPSA) is 82.9 Å². The van der Waals surface area contributed by atoms with Gasteiger partial charge in [-0.2, -0.15) is 5.10 Å². The highest BCUT2D eigenvalue weighted by Gasteiger charge is 2.32. The Labute approximate surface area is 178 Å². The summed E-state index contributed by atoms with van der Waals surface area (Å²) in [5.41, 5.74) is 2.57. The summed E-state index contributed by atoms with van der Waals surface area (Å²) in [6, 6.07) is 15.1. The molecule has 0 radical (unpaired) electrons. The van der Waals surface area contributed by atoms with Crippen LogP contribution in [0.1, 0.15) is 17.5 Å². The highest BCUT2D eigenvalue weighted by atomic mass is 35.5. The molecule has 29 heavy (non-hydrogen) atoms. The zero-order chi connectivity index (χ0) is 20.6. The summed E-state index contributed by atoms with van der Waals surface area (Å²) in [6.45, 7) is 1.88. The van der Waals surface area contributed by atoms with Gasteiger partial charge in [0.2, 0.25) is 11.8 Å². The fraction of sp³-hybridized carbons (Fsp3) is 0.143. The van der Waals surface area contributed by atoms with E-state index in [4.69, 9.17) is 11.6 Å². The van der Waals surface area contributed by atoms with Gasteiger partial charge in [-0.15, -0.1) is 5.10 Å². The number of amidine groups is 1. The van der Waals surface area contributed by atoms with Crippen molar-refractivity contribution in [3.8, 4) is 0 Å². The number of allylic oxidation sites excluding steroid dienone is 1. The first-order valence-electron chi connectivity index (χ1n) is 8.87. The van der Waals surface area contributed by atoms with E-state index in [9.17, 15) is 9.59 Å². The molecule has 2 aromatic rings. The van der Waals surface area contributed by atoms with Gasteiger partial charge in [-0.05, 0) is 36.3 Å². The minimum atomic E-state index is -0.551. The largest absolute Gasteiger partial charge is 0.326 e. The minimum Gasteiger partial charge on any atom is -0.326 e. The van der Waals surface area contributed by atoms with Gasteiger partial charge in [-0.25, -0.2) is 0 Å². The molecule has 1 saturated heterocycles. The predicted molar refractivity (Wildman–Crippen MR) is 120 cm³/mol. The number of hydrogen-bond acceptors (Lipinski definition) is 5. The van der Waals surface area contributed by atoms with Crippen LogP contribution in [-0.2, 0) is 9.59 Å². The van der Waals surface area contributed by atoms with Crippen molar-refractivity contribution < 1.29 is 9.59 Å². The van der Waals surface area contributed by atoms with Gasteiger partial charge in [0.15, 0.2) is 5.17 Å². The molecule has 8 heteroatoms. The van der Waals surface area contributed by atoms with Crippen molar-refractivity contribution in [2.45, 2.75) is 18.6 Å². The molecule has 1 fully saturated rings. The molecule has 0 spiro atoms. The van der Waals surface area contributed by atoms with Crippen LogP contribution < -0.4 is 10.6 Å². The maximum absolute atomic E-state index is 12.2. The Morgan fingerprint density at radius 2 is 2.07 bits per heavy atom. The predicted octanol–water partition coefficient (Wildman–Crippen LogP) is 4.26. The Hall–Kier alpha value is -2.90. The lowest BCUT2D eigenvalue weighted by molar-refractivity contribution is -0.122. The van der Waals surface area contributed by atoms with Crippen LogP contribution in [0.4, 0.5) is 5.69 Å². The summed E-state index contributed by atoms with van der Waals surface area (Å²) in [5, 5.41) is 13.7. The molecule has 1 unspecified atom stereocenters. The lowest BCUT2D eigenvalue weighted by atomic mass is 10.2. The van der Waals surface area contributed by atoms with Gasteiger partial charge in [0, 0.05) is 23.3 Å². The van der Waals surface area contributed by atoms with Gasteiger partial charge < -0.3 is 10.6 Å². The number of anilines is 1. The van der Waals surface area contributed by atoms with Crippen molar-refractivity contribution in [3.63, 3.8) is 0 Å². The molecule has 2 amide bonds. The Bertz CT molecular complexity index is 989. The fourth-order valence-corrected chi connectivity index (χ4v) is 3.58. The van der Waals surface area contributed by atoms with E-state index in [-0.39, 0.29) is 18.2 Å². The average molecular weight is 427 g/mol. The molecule has 0 saturated carbocycles. The summed E-state index contributed by atoms with van der Waals surface area (Å²) in [6.07, 6.45) is 5.22. The Morgan fingerprint density at radius 3 is 2.83 bits per heavy atom. The van der Waals surface area contributed by atoms with Crippen molar-refractivity contribution in [3.05, 3.63) is 70.8 Å². The number of rotatable bonds is 6. The van der Waals surface area contributed by atoms with Crippen LogP contribution in [0.15, 0.2) is 64.8 Å². The number of hydrogen-bond donors (Lipinski definition) is 2. The van der Waals surface area contributed by atoms with Gasteiger partial charge in [-0.1, -0.05) is 65.8 Å². The van der Waals surface area contributed by atoms with E-state index >= 15 is 0 Å². The lowest BCUT2D eigenvalue weighted by Crippen LogP contribution is -2.28. The molecule has 3 rings (SSSR count). The third-order valence-corrected chi connectivity index (χ3v) is 5.47. The van der Waals surface area contributed by atoms with Crippen LogP contribution in [0, 0.1) is 6.92 Å². The number of aryl methyl sites for hydroxylation is 1. The number of halogens is 1. The maximum atomic E-state index is 12.2. The molecule has 148 valence electrons. The van der Waals surface area contributed by atoms with Gasteiger partial charge in [-0.3, -0.25) is 9.59 Å². The van der Waals surface area contributed by atoms with Crippen LogP contribution in [0.5, 0.6) is 0 Å². The summed E-state index contributed by atoms with van der Waals surface area (Å²) in [7, 11) is 0. The SMILES string of the molecule is Cc1ccc(NC(=O)CC2S/C(=N/N=C\C=C\c3ccccc3)NC2=O)cc1Cl. The molecule has 1 atom stereocenters. The van der Waals surface area contributed by atoms with Crippen molar-refractivity contribution in [2.75, 3.05) is 5.32 Å². The molecule has 2 aromatic carbocycles. The van der Waals surface area contributed by atoms with E-state index < -0.39 is 5.25 Å². The molecule has 1 heterocycles. The van der Waals surface area contributed by atoms with Crippen LogP contribution in [0.2, 0.25) is 5.02 Å². The Balaban J connectivity index is 1.50. The highest BCUT2D eigenvalue weighted by molar-refractivity contribution is 8.15. The monoisotopic (exact) mass is 426 g/mol. The van der Waals surface area contributed by atoms with Crippen LogP contribution >= 0.6 is 23.4 Å². The van der Waals surface area contributed by atoms with E-state index in [1.807, 2.05) is 49.4 Å². The van der Waals surface area contributed by atoms with Crippen LogP contribution in [0.25, 0.3) is 6.08 Å². The Morgan fingerprint density at radius 1 is 1.28 bits per heavy atom.